The van der Waals surface area contributed by atoms with Gasteiger partial charge in [0.15, 0.2) is 17.5 Å². The highest BCUT2D eigenvalue weighted by atomic mass is 32.1. The molecule has 9 aromatic rings. The van der Waals surface area contributed by atoms with E-state index in [1.165, 1.54) is 75.5 Å². The molecule has 0 unspecified atom stereocenters. The third-order valence-electron chi connectivity index (χ3n) is 12.0. The maximum absolute atomic E-state index is 5.35. The Bertz CT molecular complexity index is 3180. The zero-order valence-corrected chi connectivity index (χ0v) is 33.2. The van der Waals surface area contributed by atoms with E-state index in [4.69, 9.17) is 15.0 Å². The zero-order valence-electron chi connectivity index (χ0n) is 32.4. The molecule has 0 saturated carbocycles. The van der Waals surface area contributed by atoms with E-state index in [-0.39, 0.29) is 5.41 Å². The van der Waals surface area contributed by atoms with E-state index in [0.29, 0.717) is 11.6 Å². The fourth-order valence-corrected chi connectivity index (χ4v) is 10.3. The molecule has 0 radical (unpaired) electrons. The maximum Gasteiger partial charge on any atom is 0.164 e. The molecule has 2 heterocycles. The number of hydrogen-bond acceptors (Lipinski definition) is 4. The first kappa shape index (κ1) is 34.5. The standard InChI is InChI=1S/C54H39N3S/c1-54(2)45-23-10-9-20-42(45)49-41(21-12-24-46(49)54)39-18-11-19-40(32-39)52-55-51(37-16-7-4-8-17-37)56-53(57-52)43-22-13-25-48-50(43)44-33-38(30-31-47(44)58-48)36-28-26-35(27-29-36)34-14-5-3-6-15-34/h3-12,14-21,23-33H,13,22H2,1-2H3. The Morgan fingerprint density at radius 1 is 0.466 bits per heavy atom. The second kappa shape index (κ2) is 13.7. The van der Waals surface area contributed by atoms with E-state index in [9.17, 15) is 0 Å². The van der Waals surface area contributed by atoms with Crippen LogP contribution in [0.5, 0.6) is 0 Å². The van der Waals surface area contributed by atoms with E-state index in [1.807, 2.05) is 17.4 Å². The molecule has 2 aliphatic rings. The summed E-state index contributed by atoms with van der Waals surface area (Å²) in [6.07, 6.45) is 4.19. The lowest BCUT2D eigenvalue weighted by molar-refractivity contribution is 0.660. The summed E-state index contributed by atoms with van der Waals surface area (Å²) in [5, 5.41) is 2.50. The summed E-state index contributed by atoms with van der Waals surface area (Å²) in [5.41, 5.74) is 15.7. The maximum atomic E-state index is 5.35. The van der Waals surface area contributed by atoms with Crippen LogP contribution in [0.4, 0.5) is 0 Å². The predicted octanol–water partition coefficient (Wildman–Crippen LogP) is 12.5. The van der Waals surface area contributed by atoms with E-state index in [0.717, 1.165) is 35.4 Å². The normalized spacial score (nSPS) is 13.8. The van der Waals surface area contributed by atoms with Crippen molar-refractivity contribution in [2.45, 2.75) is 32.1 Å². The number of aromatic nitrogens is 3. The van der Waals surface area contributed by atoms with Crippen molar-refractivity contribution in [2.24, 2.45) is 0 Å². The molecule has 58 heavy (non-hydrogen) atoms. The van der Waals surface area contributed by atoms with Crippen LogP contribution in [0.25, 0.3) is 89.0 Å². The number of fused-ring (bicyclic) bond motifs is 6. The van der Waals surface area contributed by atoms with Gasteiger partial charge in [0.05, 0.1) is 0 Å². The lowest BCUT2D eigenvalue weighted by Crippen LogP contribution is -2.26. The highest BCUT2D eigenvalue weighted by Crippen LogP contribution is 2.52. The first-order valence-electron chi connectivity index (χ1n) is 20.1. The largest absolute Gasteiger partial charge is 0.208 e. The Balaban J connectivity index is 1.06. The number of rotatable bonds is 6. The molecule has 0 fully saturated rings. The smallest absolute Gasteiger partial charge is 0.164 e. The average Bonchev–Trinajstić information content (AvgIpc) is 3.78. The van der Waals surface area contributed by atoms with Crippen molar-refractivity contribution in [2.75, 3.05) is 0 Å². The molecular weight excluding hydrogens is 723 g/mol. The van der Waals surface area contributed by atoms with Gasteiger partial charge in [0, 0.05) is 42.0 Å². The van der Waals surface area contributed by atoms with Gasteiger partial charge in [-0.05, 0) is 86.7 Å². The molecule has 0 atom stereocenters. The van der Waals surface area contributed by atoms with Gasteiger partial charge in [0.25, 0.3) is 0 Å². The molecule has 276 valence electrons. The highest BCUT2D eigenvalue weighted by Gasteiger charge is 2.36. The van der Waals surface area contributed by atoms with Gasteiger partial charge >= 0.3 is 0 Å². The van der Waals surface area contributed by atoms with Gasteiger partial charge in [-0.1, -0.05) is 172 Å². The zero-order chi connectivity index (χ0) is 38.8. The highest BCUT2D eigenvalue weighted by molar-refractivity contribution is 7.17. The van der Waals surface area contributed by atoms with Crippen LogP contribution >= 0.6 is 11.3 Å². The molecule has 4 heteroatoms. The van der Waals surface area contributed by atoms with Gasteiger partial charge < -0.3 is 0 Å². The van der Waals surface area contributed by atoms with Crippen LogP contribution in [-0.4, -0.2) is 15.0 Å². The van der Waals surface area contributed by atoms with Crippen LogP contribution in [0.15, 0.2) is 170 Å². The molecule has 2 aromatic heterocycles. The number of benzene rings is 7. The van der Waals surface area contributed by atoms with Crippen LogP contribution in [0, 0.1) is 0 Å². The molecule has 3 nitrogen and oxygen atoms in total. The molecule has 0 spiro atoms. The number of hydrogen-bond donors (Lipinski definition) is 0. The Morgan fingerprint density at radius 3 is 1.83 bits per heavy atom. The van der Waals surface area contributed by atoms with Crippen molar-refractivity contribution in [3.8, 4) is 67.3 Å². The molecule has 0 amide bonds. The quantitative estimate of drug-likeness (QED) is 0.169. The fourth-order valence-electron chi connectivity index (χ4n) is 9.11. The molecule has 11 rings (SSSR count). The van der Waals surface area contributed by atoms with Gasteiger partial charge in [-0.25, -0.2) is 15.0 Å². The third-order valence-corrected chi connectivity index (χ3v) is 13.2. The Hall–Kier alpha value is -6.75. The van der Waals surface area contributed by atoms with E-state index in [1.54, 1.807) is 0 Å². The van der Waals surface area contributed by atoms with Crippen molar-refractivity contribution in [3.63, 3.8) is 0 Å². The summed E-state index contributed by atoms with van der Waals surface area (Å²) in [6, 6.07) is 61.1. The molecule has 7 aromatic carbocycles. The van der Waals surface area contributed by atoms with Crippen LogP contribution in [0.1, 0.15) is 43.6 Å². The van der Waals surface area contributed by atoms with Crippen molar-refractivity contribution in [3.05, 3.63) is 197 Å². The average molecular weight is 762 g/mol. The lowest BCUT2D eigenvalue weighted by Gasteiger charge is -2.21. The van der Waals surface area contributed by atoms with Crippen LogP contribution in [-0.2, 0) is 5.41 Å². The Labute approximate surface area is 342 Å². The van der Waals surface area contributed by atoms with Gasteiger partial charge in [-0.2, -0.15) is 0 Å². The number of thiophene rings is 1. The van der Waals surface area contributed by atoms with E-state index < -0.39 is 0 Å². The van der Waals surface area contributed by atoms with Crippen LogP contribution in [0.2, 0.25) is 0 Å². The van der Waals surface area contributed by atoms with Crippen molar-refractivity contribution in [1.29, 1.82) is 0 Å². The second-order valence-electron chi connectivity index (χ2n) is 15.9. The van der Waals surface area contributed by atoms with Crippen molar-refractivity contribution in [1.82, 2.24) is 15.0 Å². The molecule has 0 bridgehead atoms. The Kier molecular flexibility index (Phi) is 8.16. The first-order chi connectivity index (χ1) is 28.5. The predicted molar refractivity (Wildman–Crippen MR) is 242 cm³/mol. The molecular formula is C54H39N3S. The van der Waals surface area contributed by atoms with Crippen molar-refractivity contribution < 1.29 is 0 Å². The third kappa shape index (κ3) is 5.75. The van der Waals surface area contributed by atoms with Crippen molar-refractivity contribution >= 4 is 33.1 Å². The van der Waals surface area contributed by atoms with Gasteiger partial charge in [-0.3, -0.25) is 0 Å². The Morgan fingerprint density at radius 2 is 1.03 bits per heavy atom. The molecule has 0 N–H and O–H groups in total. The van der Waals surface area contributed by atoms with Gasteiger partial charge in [-0.15, -0.1) is 11.3 Å². The topological polar surface area (TPSA) is 38.7 Å². The minimum atomic E-state index is -0.0691. The van der Waals surface area contributed by atoms with E-state index >= 15 is 0 Å². The van der Waals surface area contributed by atoms with Gasteiger partial charge in [0.1, 0.15) is 0 Å². The van der Waals surface area contributed by atoms with Gasteiger partial charge in [0.2, 0.25) is 0 Å². The summed E-state index contributed by atoms with van der Waals surface area (Å²) in [5.74, 6) is 2.11. The SMILES string of the molecule is CC1(C)c2ccccc2-c2c(-c3cccc(-c4nc(C5=c6c(sc7ccc(-c8ccc(-c9ccccc9)cc8)cc67)=CCC5)nc(-c5ccccc5)n4)c3)cccc21. The molecule has 0 saturated heterocycles. The fraction of sp³-hybridized carbons (Fsp3) is 0.0926. The van der Waals surface area contributed by atoms with E-state index in [2.05, 4.69) is 184 Å². The van der Waals surface area contributed by atoms with Crippen LogP contribution < -0.4 is 9.75 Å². The monoisotopic (exact) mass is 761 g/mol. The van der Waals surface area contributed by atoms with Crippen LogP contribution in [0.3, 0.4) is 0 Å². The lowest BCUT2D eigenvalue weighted by atomic mass is 9.82. The minimum absolute atomic E-state index is 0.0691. The summed E-state index contributed by atoms with van der Waals surface area (Å²) in [4.78, 5) is 15.8. The summed E-state index contributed by atoms with van der Waals surface area (Å²) in [6.45, 7) is 4.67. The number of nitrogens with zero attached hydrogens (tertiary/aromatic N) is 3. The summed E-state index contributed by atoms with van der Waals surface area (Å²) in [7, 11) is 0. The molecule has 2 aliphatic carbocycles. The molecule has 0 aliphatic heterocycles. The summed E-state index contributed by atoms with van der Waals surface area (Å²) >= 11 is 1.86. The first-order valence-corrected chi connectivity index (χ1v) is 20.9. The second-order valence-corrected chi connectivity index (χ2v) is 17.0. The minimum Gasteiger partial charge on any atom is -0.208 e. The summed E-state index contributed by atoms with van der Waals surface area (Å²) < 4.78 is 2.56.